The lowest BCUT2D eigenvalue weighted by atomic mass is 9.86. The van der Waals surface area contributed by atoms with Crippen molar-refractivity contribution in [3.05, 3.63) is 47.0 Å². The third-order valence-corrected chi connectivity index (χ3v) is 4.69. The van der Waals surface area contributed by atoms with Crippen LogP contribution in [-0.4, -0.2) is 36.5 Å². The van der Waals surface area contributed by atoms with Gasteiger partial charge in [0.1, 0.15) is 0 Å². The van der Waals surface area contributed by atoms with E-state index in [2.05, 4.69) is 63.0 Å². The number of rotatable bonds is 4. The first kappa shape index (κ1) is 18.7. The Bertz CT molecular complexity index is 569. The van der Waals surface area contributed by atoms with Gasteiger partial charge in [-0.2, -0.15) is 0 Å². The van der Waals surface area contributed by atoms with Crippen LogP contribution >= 0.6 is 0 Å². The van der Waals surface area contributed by atoms with Crippen LogP contribution in [0.5, 0.6) is 0 Å². The van der Waals surface area contributed by atoms with E-state index in [1.54, 1.807) is 0 Å². The first-order chi connectivity index (χ1) is 11.3. The molecule has 0 saturated carbocycles. The predicted molar refractivity (Wildman–Crippen MR) is 102 cm³/mol. The molecule has 1 aromatic rings. The molecule has 1 saturated heterocycles. The quantitative estimate of drug-likeness (QED) is 0.842. The van der Waals surface area contributed by atoms with E-state index in [0.29, 0.717) is 6.04 Å². The number of piperidine rings is 1. The zero-order chi connectivity index (χ0) is 17.7. The van der Waals surface area contributed by atoms with E-state index in [1.807, 2.05) is 12.1 Å². The SMILES string of the molecule is CC(C)=CCN1CCC(NC(=O)c2ccc(C(C)(C)C)cc2)CC1. The van der Waals surface area contributed by atoms with Gasteiger partial charge in [-0.3, -0.25) is 9.69 Å². The van der Waals surface area contributed by atoms with E-state index in [-0.39, 0.29) is 11.3 Å². The maximum Gasteiger partial charge on any atom is 0.251 e. The van der Waals surface area contributed by atoms with Crippen molar-refractivity contribution in [2.75, 3.05) is 19.6 Å². The second-order valence-corrected chi connectivity index (χ2v) is 8.16. The lowest BCUT2D eigenvalue weighted by Crippen LogP contribution is -2.44. The first-order valence-corrected chi connectivity index (χ1v) is 9.03. The van der Waals surface area contributed by atoms with E-state index in [9.17, 15) is 4.79 Å². The normalized spacial score (nSPS) is 16.7. The molecule has 1 heterocycles. The molecule has 0 atom stereocenters. The van der Waals surface area contributed by atoms with E-state index in [0.717, 1.165) is 38.0 Å². The average Bonchev–Trinajstić information content (AvgIpc) is 2.53. The van der Waals surface area contributed by atoms with Crippen molar-refractivity contribution < 1.29 is 4.79 Å². The highest BCUT2D eigenvalue weighted by atomic mass is 16.1. The minimum absolute atomic E-state index is 0.0539. The van der Waals surface area contributed by atoms with Gasteiger partial charge in [0.2, 0.25) is 0 Å². The number of hydrogen-bond acceptors (Lipinski definition) is 2. The van der Waals surface area contributed by atoms with Crippen LogP contribution in [-0.2, 0) is 5.41 Å². The molecule has 24 heavy (non-hydrogen) atoms. The number of hydrogen-bond donors (Lipinski definition) is 1. The van der Waals surface area contributed by atoms with Gasteiger partial charge in [0, 0.05) is 31.2 Å². The Labute approximate surface area is 147 Å². The molecule has 0 unspecified atom stereocenters. The zero-order valence-corrected chi connectivity index (χ0v) is 15.9. The summed E-state index contributed by atoms with van der Waals surface area (Å²) in [5, 5.41) is 3.20. The van der Waals surface area contributed by atoms with Gasteiger partial charge < -0.3 is 5.32 Å². The summed E-state index contributed by atoms with van der Waals surface area (Å²) < 4.78 is 0. The summed E-state index contributed by atoms with van der Waals surface area (Å²) in [4.78, 5) is 14.9. The number of likely N-dealkylation sites (tertiary alicyclic amines) is 1. The molecule has 1 fully saturated rings. The van der Waals surface area contributed by atoms with Crippen molar-refractivity contribution in [1.82, 2.24) is 10.2 Å². The number of carbonyl (C=O) groups is 1. The van der Waals surface area contributed by atoms with Crippen LogP contribution in [0.15, 0.2) is 35.9 Å². The molecule has 3 heteroatoms. The molecule has 1 N–H and O–H groups in total. The van der Waals surface area contributed by atoms with Crippen LogP contribution in [0.4, 0.5) is 0 Å². The van der Waals surface area contributed by atoms with Gasteiger partial charge in [0.15, 0.2) is 0 Å². The second-order valence-electron chi connectivity index (χ2n) is 8.16. The molecule has 0 aromatic heterocycles. The first-order valence-electron chi connectivity index (χ1n) is 9.03. The van der Waals surface area contributed by atoms with Gasteiger partial charge in [0.25, 0.3) is 5.91 Å². The Hall–Kier alpha value is -1.61. The molecule has 1 aliphatic rings. The highest BCUT2D eigenvalue weighted by Gasteiger charge is 2.21. The molecule has 1 aromatic carbocycles. The maximum absolute atomic E-state index is 12.4. The summed E-state index contributed by atoms with van der Waals surface area (Å²) in [5.41, 5.74) is 3.50. The van der Waals surface area contributed by atoms with Gasteiger partial charge in [-0.05, 0) is 49.8 Å². The Morgan fingerprint density at radius 3 is 2.25 bits per heavy atom. The van der Waals surface area contributed by atoms with Crippen LogP contribution in [0.1, 0.15) is 63.4 Å². The van der Waals surface area contributed by atoms with Crippen LogP contribution in [0.25, 0.3) is 0 Å². The van der Waals surface area contributed by atoms with E-state index in [1.165, 1.54) is 11.1 Å². The van der Waals surface area contributed by atoms with Gasteiger partial charge >= 0.3 is 0 Å². The number of nitrogens with one attached hydrogen (secondary N) is 1. The van der Waals surface area contributed by atoms with Gasteiger partial charge in [-0.1, -0.05) is 44.6 Å². The summed E-state index contributed by atoms with van der Waals surface area (Å²) in [5.74, 6) is 0.0539. The van der Waals surface area contributed by atoms with Crippen LogP contribution in [0, 0.1) is 0 Å². The molecular formula is C21H32N2O. The number of carbonyl (C=O) groups excluding carboxylic acids is 1. The fourth-order valence-electron chi connectivity index (χ4n) is 2.96. The minimum Gasteiger partial charge on any atom is -0.349 e. The third kappa shape index (κ3) is 5.48. The van der Waals surface area contributed by atoms with E-state index >= 15 is 0 Å². The Balaban J connectivity index is 1.84. The Morgan fingerprint density at radius 1 is 1.17 bits per heavy atom. The summed E-state index contributed by atoms with van der Waals surface area (Å²) in [6.07, 6.45) is 4.33. The monoisotopic (exact) mass is 328 g/mol. The average molecular weight is 329 g/mol. The summed E-state index contributed by atoms with van der Waals surface area (Å²) in [6.45, 7) is 14.0. The molecule has 132 valence electrons. The summed E-state index contributed by atoms with van der Waals surface area (Å²) in [7, 11) is 0. The lowest BCUT2D eigenvalue weighted by Gasteiger charge is -2.31. The fraction of sp³-hybridized carbons (Fsp3) is 0.571. The van der Waals surface area contributed by atoms with Crippen LogP contribution < -0.4 is 5.32 Å². The molecule has 2 rings (SSSR count). The largest absolute Gasteiger partial charge is 0.349 e. The molecule has 3 nitrogen and oxygen atoms in total. The number of benzene rings is 1. The van der Waals surface area contributed by atoms with Crippen LogP contribution in [0.3, 0.4) is 0 Å². The smallest absolute Gasteiger partial charge is 0.251 e. The van der Waals surface area contributed by atoms with Crippen LogP contribution in [0.2, 0.25) is 0 Å². The molecule has 1 amide bonds. The van der Waals surface area contributed by atoms with Crippen molar-refractivity contribution >= 4 is 5.91 Å². The van der Waals surface area contributed by atoms with Gasteiger partial charge in [-0.25, -0.2) is 0 Å². The predicted octanol–water partition coefficient (Wildman–Crippen LogP) is 4.14. The summed E-state index contributed by atoms with van der Waals surface area (Å²) in [6, 6.07) is 8.32. The topological polar surface area (TPSA) is 32.3 Å². The molecular weight excluding hydrogens is 296 g/mol. The summed E-state index contributed by atoms with van der Waals surface area (Å²) >= 11 is 0. The lowest BCUT2D eigenvalue weighted by molar-refractivity contribution is 0.0914. The van der Waals surface area contributed by atoms with E-state index in [4.69, 9.17) is 0 Å². The molecule has 0 bridgehead atoms. The van der Waals surface area contributed by atoms with Crippen molar-refractivity contribution in [1.29, 1.82) is 0 Å². The second kappa shape index (κ2) is 7.98. The van der Waals surface area contributed by atoms with E-state index < -0.39 is 0 Å². The molecule has 0 radical (unpaired) electrons. The van der Waals surface area contributed by atoms with Gasteiger partial charge in [0.05, 0.1) is 0 Å². The number of amides is 1. The van der Waals surface area contributed by atoms with Crippen molar-refractivity contribution in [3.63, 3.8) is 0 Å². The maximum atomic E-state index is 12.4. The number of nitrogens with zero attached hydrogens (tertiary/aromatic N) is 1. The molecule has 0 spiro atoms. The highest BCUT2D eigenvalue weighted by Crippen LogP contribution is 2.22. The molecule has 1 aliphatic heterocycles. The van der Waals surface area contributed by atoms with Crippen molar-refractivity contribution in [2.24, 2.45) is 0 Å². The van der Waals surface area contributed by atoms with Crippen molar-refractivity contribution in [2.45, 2.75) is 58.9 Å². The Morgan fingerprint density at radius 2 is 1.75 bits per heavy atom. The zero-order valence-electron chi connectivity index (χ0n) is 15.9. The number of allylic oxidation sites excluding steroid dienone is 1. The minimum atomic E-state index is 0.0539. The highest BCUT2D eigenvalue weighted by molar-refractivity contribution is 5.94. The standard InChI is InChI=1S/C21H32N2O/c1-16(2)10-13-23-14-11-19(12-15-23)22-20(24)17-6-8-18(9-7-17)21(3,4)5/h6-10,19H,11-15H2,1-5H3,(H,22,24). The van der Waals surface area contributed by atoms with Crippen molar-refractivity contribution in [3.8, 4) is 0 Å². The Kier molecular flexibility index (Phi) is 6.22. The fourth-order valence-corrected chi connectivity index (χ4v) is 2.96. The third-order valence-electron chi connectivity index (χ3n) is 4.69. The van der Waals surface area contributed by atoms with Gasteiger partial charge in [-0.15, -0.1) is 0 Å². The molecule has 0 aliphatic carbocycles.